The molecule has 2 aliphatic heterocycles. The molecule has 5 heterocycles. The van der Waals surface area contributed by atoms with Crippen molar-refractivity contribution in [1.82, 2.24) is 24.4 Å². The minimum atomic E-state index is -0.757. The van der Waals surface area contributed by atoms with E-state index in [9.17, 15) is 9.59 Å². The first kappa shape index (κ1) is 28.6. The summed E-state index contributed by atoms with van der Waals surface area (Å²) in [6.45, 7) is 10.9. The van der Waals surface area contributed by atoms with Crippen LogP contribution in [0, 0.1) is 11.6 Å². The lowest BCUT2D eigenvalue weighted by atomic mass is 10.0. The van der Waals surface area contributed by atoms with Crippen LogP contribution in [0.2, 0.25) is 0 Å². The fraction of sp³-hybridized carbons (Fsp3) is 0.344. The molecular formula is C32H32F2N6O3. The number of aromatic nitrogens is 4. The number of piperazine rings is 1. The summed E-state index contributed by atoms with van der Waals surface area (Å²) in [5, 5.41) is 0.298. The molecule has 222 valence electrons. The van der Waals surface area contributed by atoms with Gasteiger partial charge in [-0.3, -0.25) is 9.78 Å². The molecule has 1 atom stereocenters. The van der Waals surface area contributed by atoms with Crippen molar-refractivity contribution < 1.29 is 18.3 Å². The molecule has 9 nitrogen and oxygen atoms in total. The third-order valence-corrected chi connectivity index (χ3v) is 8.10. The van der Waals surface area contributed by atoms with E-state index in [1.54, 1.807) is 23.2 Å². The second kappa shape index (κ2) is 11.3. The lowest BCUT2D eigenvalue weighted by Gasteiger charge is -2.40. The Bertz CT molecular complexity index is 1820. The number of fused-ring (bicyclic) bond motifs is 5. The van der Waals surface area contributed by atoms with Crippen molar-refractivity contribution in [3.05, 3.63) is 88.1 Å². The number of halogens is 2. The van der Waals surface area contributed by atoms with Crippen molar-refractivity contribution in [3.63, 3.8) is 0 Å². The fourth-order valence-corrected chi connectivity index (χ4v) is 6.02. The van der Waals surface area contributed by atoms with Gasteiger partial charge in [-0.1, -0.05) is 32.6 Å². The summed E-state index contributed by atoms with van der Waals surface area (Å²) in [5.41, 5.74) is 1.71. The zero-order valence-corrected chi connectivity index (χ0v) is 24.3. The molecule has 1 aromatic carbocycles. The number of ether oxygens (including phenoxy) is 1. The second-order valence-corrected chi connectivity index (χ2v) is 11.2. The van der Waals surface area contributed by atoms with Crippen LogP contribution < -0.4 is 10.6 Å². The van der Waals surface area contributed by atoms with Crippen molar-refractivity contribution in [2.75, 3.05) is 31.1 Å². The van der Waals surface area contributed by atoms with Crippen LogP contribution in [0.1, 0.15) is 43.5 Å². The molecule has 0 unspecified atom stereocenters. The third kappa shape index (κ3) is 4.97. The smallest absolute Gasteiger partial charge is 0.355 e. The number of benzene rings is 1. The van der Waals surface area contributed by atoms with Crippen LogP contribution in [-0.4, -0.2) is 62.6 Å². The summed E-state index contributed by atoms with van der Waals surface area (Å²) in [5.74, 6) is -1.40. The van der Waals surface area contributed by atoms with Crippen molar-refractivity contribution in [3.8, 4) is 16.9 Å². The molecule has 43 heavy (non-hydrogen) atoms. The molecule has 0 radical (unpaired) electrons. The zero-order chi connectivity index (χ0) is 30.4. The molecule has 0 spiro atoms. The first-order chi connectivity index (χ1) is 20.7. The van der Waals surface area contributed by atoms with E-state index in [0.29, 0.717) is 48.4 Å². The average Bonchev–Trinajstić information content (AvgIpc) is 2.98. The lowest BCUT2D eigenvalue weighted by molar-refractivity contribution is -0.126. The van der Waals surface area contributed by atoms with Crippen molar-refractivity contribution in [2.24, 2.45) is 0 Å². The van der Waals surface area contributed by atoms with E-state index in [-0.39, 0.29) is 53.8 Å². The van der Waals surface area contributed by atoms with Crippen LogP contribution >= 0.6 is 0 Å². The molecule has 0 N–H and O–H groups in total. The topological polar surface area (TPSA) is 93.5 Å². The highest BCUT2D eigenvalue weighted by molar-refractivity contribution is 5.91. The molecule has 2 aliphatic rings. The quantitative estimate of drug-likeness (QED) is 0.326. The maximum absolute atomic E-state index is 16.1. The summed E-state index contributed by atoms with van der Waals surface area (Å²) in [6.07, 6.45) is 3.42. The van der Waals surface area contributed by atoms with Gasteiger partial charge in [-0.2, -0.15) is 4.98 Å². The van der Waals surface area contributed by atoms with E-state index in [1.165, 1.54) is 22.8 Å². The van der Waals surface area contributed by atoms with Crippen molar-refractivity contribution >= 4 is 22.8 Å². The zero-order valence-electron chi connectivity index (χ0n) is 24.3. The van der Waals surface area contributed by atoms with Crippen LogP contribution in [0.5, 0.6) is 0 Å². The van der Waals surface area contributed by atoms with E-state index in [1.807, 2.05) is 31.7 Å². The van der Waals surface area contributed by atoms with Crippen molar-refractivity contribution in [1.29, 1.82) is 0 Å². The normalized spacial score (nSPS) is 16.9. The molecule has 6 rings (SSSR count). The monoisotopic (exact) mass is 586 g/mol. The average molecular weight is 587 g/mol. The molecule has 0 saturated carbocycles. The van der Waals surface area contributed by atoms with E-state index < -0.39 is 17.3 Å². The first-order valence-corrected chi connectivity index (χ1v) is 14.3. The molecule has 3 aromatic heterocycles. The number of pyridine rings is 2. The molecule has 11 heteroatoms. The third-order valence-electron chi connectivity index (χ3n) is 8.10. The largest absolute Gasteiger partial charge is 0.376 e. The van der Waals surface area contributed by atoms with Gasteiger partial charge in [-0.15, -0.1) is 0 Å². The van der Waals surface area contributed by atoms with Gasteiger partial charge in [0.1, 0.15) is 23.1 Å². The minimum absolute atomic E-state index is 0.0137. The van der Waals surface area contributed by atoms with Crippen LogP contribution in [0.15, 0.2) is 54.0 Å². The maximum atomic E-state index is 16.1. The Labute approximate surface area is 247 Å². The highest BCUT2D eigenvalue weighted by atomic mass is 19.1. The Morgan fingerprint density at radius 3 is 2.70 bits per heavy atom. The van der Waals surface area contributed by atoms with E-state index >= 15 is 8.78 Å². The fourth-order valence-electron chi connectivity index (χ4n) is 6.02. The molecule has 0 aliphatic carbocycles. The summed E-state index contributed by atoms with van der Waals surface area (Å²) >= 11 is 0. The second-order valence-electron chi connectivity index (χ2n) is 11.2. The van der Waals surface area contributed by atoms with Gasteiger partial charge in [0.15, 0.2) is 5.65 Å². The van der Waals surface area contributed by atoms with Crippen LogP contribution in [-0.2, 0) is 22.6 Å². The first-order valence-electron chi connectivity index (χ1n) is 14.3. The van der Waals surface area contributed by atoms with Gasteiger partial charge < -0.3 is 14.5 Å². The van der Waals surface area contributed by atoms with Gasteiger partial charge in [0.05, 0.1) is 30.0 Å². The number of anilines is 1. The predicted octanol–water partition coefficient (Wildman–Crippen LogP) is 4.54. The number of hydrogen-bond donors (Lipinski definition) is 0. The number of carbonyl (C=O) groups is 1. The SMILES string of the molecule is C=CC(=O)N1CCN(c2nc(=O)n3c4nc(c(F)cc24)-c2c(F)cccc2COCCc2ccnc(C(C)C)c2-3)[C@@H](C)C1. The van der Waals surface area contributed by atoms with E-state index in [0.717, 1.165) is 5.56 Å². The predicted molar refractivity (Wildman–Crippen MR) is 159 cm³/mol. The highest BCUT2D eigenvalue weighted by Crippen LogP contribution is 2.36. The van der Waals surface area contributed by atoms with Crippen LogP contribution in [0.4, 0.5) is 14.6 Å². The number of amides is 1. The molecular weight excluding hydrogens is 554 g/mol. The Morgan fingerprint density at radius 2 is 1.95 bits per heavy atom. The number of carbonyl (C=O) groups excluding carboxylic acids is 1. The van der Waals surface area contributed by atoms with Crippen LogP contribution in [0.25, 0.3) is 28.0 Å². The maximum Gasteiger partial charge on any atom is 0.355 e. The standard InChI is InChI=1S/C32H32F2N6O3/c1-5-25(41)38-12-13-39(19(4)16-38)30-22-15-24(34)28-26-21(7-6-8-23(26)33)17-43-14-10-20-9-11-35-27(18(2)3)29(20)40(31(22)36-28)32(42)37-30/h5-9,11,15,18-19H,1,10,12-14,16-17H2,2-4H3/t19-/m0/s1. The van der Waals surface area contributed by atoms with E-state index in [2.05, 4.69) is 16.5 Å². The highest BCUT2D eigenvalue weighted by Gasteiger charge is 2.31. The Balaban J connectivity index is 1.68. The lowest BCUT2D eigenvalue weighted by Crippen LogP contribution is -2.54. The molecule has 2 bridgehead atoms. The number of hydrogen-bond acceptors (Lipinski definition) is 7. The molecule has 1 amide bonds. The number of nitrogens with zero attached hydrogens (tertiary/aromatic N) is 6. The Hall–Kier alpha value is -4.51. The number of rotatable bonds is 3. The minimum Gasteiger partial charge on any atom is -0.376 e. The van der Waals surface area contributed by atoms with Gasteiger partial charge in [0.2, 0.25) is 5.91 Å². The summed E-state index contributed by atoms with van der Waals surface area (Å²) in [6, 6.07) is 7.35. The molecule has 1 saturated heterocycles. The van der Waals surface area contributed by atoms with E-state index in [4.69, 9.17) is 9.72 Å². The van der Waals surface area contributed by atoms with Crippen molar-refractivity contribution in [2.45, 2.75) is 45.8 Å². The van der Waals surface area contributed by atoms with Gasteiger partial charge in [-0.25, -0.2) is 23.1 Å². The van der Waals surface area contributed by atoms with Gasteiger partial charge in [0.25, 0.3) is 0 Å². The summed E-state index contributed by atoms with van der Waals surface area (Å²) in [7, 11) is 0. The molecule has 4 aromatic rings. The van der Waals surface area contributed by atoms with Crippen LogP contribution in [0.3, 0.4) is 0 Å². The molecule has 1 fully saturated rings. The van der Waals surface area contributed by atoms with Gasteiger partial charge in [-0.05, 0) is 54.7 Å². The van der Waals surface area contributed by atoms with Gasteiger partial charge in [0, 0.05) is 37.4 Å². The van der Waals surface area contributed by atoms with Gasteiger partial charge >= 0.3 is 5.69 Å². The summed E-state index contributed by atoms with van der Waals surface area (Å²) < 4.78 is 38.8. The Morgan fingerprint density at radius 1 is 1.14 bits per heavy atom. The summed E-state index contributed by atoms with van der Waals surface area (Å²) in [4.78, 5) is 43.8. The Kier molecular flexibility index (Phi) is 7.51.